The second-order valence-corrected chi connectivity index (χ2v) is 6.41. The fourth-order valence-corrected chi connectivity index (χ4v) is 3.07. The quantitative estimate of drug-likeness (QED) is 0.733. The topological polar surface area (TPSA) is 58.8 Å². The van der Waals surface area contributed by atoms with Crippen LogP contribution < -0.4 is 10.5 Å². The Hall–Kier alpha value is -1.66. The Morgan fingerprint density at radius 1 is 1.00 bits per heavy atom. The van der Waals surface area contributed by atoms with E-state index in [4.69, 9.17) is 22.1 Å². The van der Waals surface area contributed by atoms with Crippen LogP contribution in [0.15, 0.2) is 48.5 Å². The number of hydrogen-bond donors (Lipinski definition) is 1. The van der Waals surface area contributed by atoms with E-state index in [1.54, 1.807) is 12.1 Å². The van der Waals surface area contributed by atoms with Gasteiger partial charge in [0.05, 0.1) is 10.6 Å². The van der Waals surface area contributed by atoms with Crippen LogP contribution in [0.25, 0.3) is 0 Å². The van der Waals surface area contributed by atoms with Gasteiger partial charge in [-0.2, -0.15) is 0 Å². The van der Waals surface area contributed by atoms with Gasteiger partial charge in [0, 0.05) is 38.4 Å². The number of amides is 1. The standard InChI is InChI=1S/C19H22ClN3O2.2ClH/c20-16-6-2-4-8-18(16)25-14-13-22-9-11-23(12-10-22)19(24)15-5-1-3-7-17(15)21;;/h1-8H,9-14,21H2;2*1H. The predicted octanol–water partition coefficient (Wildman–Crippen LogP) is 3.60. The molecule has 0 atom stereocenters. The SMILES string of the molecule is Cl.Cl.Nc1ccccc1C(=O)N1CCN(CCOc2ccccc2Cl)CC1. The van der Waals surface area contributed by atoms with Gasteiger partial charge in [0.25, 0.3) is 5.91 Å². The molecule has 0 spiro atoms. The number of anilines is 1. The second kappa shape index (κ2) is 11.2. The van der Waals surface area contributed by atoms with E-state index in [-0.39, 0.29) is 30.7 Å². The second-order valence-electron chi connectivity index (χ2n) is 6.00. The number of carbonyl (C=O) groups is 1. The molecule has 0 bridgehead atoms. The van der Waals surface area contributed by atoms with Crippen LogP contribution in [0.1, 0.15) is 10.4 Å². The first-order chi connectivity index (χ1) is 12.1. The molecule has 2 aromatic rings. The van der Waals surface area contributed by atoms with Gasteiger partial charge in [-0.25, -0.2) is 0 Å². The van der Waals surface area contributed by atoms with Gasteiger partial charge in [-0.1, -0.05) is 35.9 Å². The molecule has 1 heterocycles. The number of benzene rings is 2. The van der Waals surface area contributed by atoms with Gasteiger partial charge in [0.1, 0.15) is 12.4 Å². The highest BCUT2D eigenvalue weighted by atomic mass is 35.5. The number of nitrogen functional groups attached to an aromatic ring is 1. The third-order valence-electron chi connectivity index (χ3n) is 4.35. The van der Waals surface area contributed by atoms with Gasteiger partial charge < -0.3 is 15.4 Å². The molecule has 1 fully saturated rings. The van der Waals surface area contributed by atoms with Crippen molar-refractivity contribution in [1.82, 2.24) is 9.80 Å². The summed E-state index contributed by atoms with van der Waals surface area (Å²) < 4.78 is 5.73. The van der Waals surface area contributed by atoms with Gasteiger partial charge in [-0.3, -0.25) is 9.69 Å². The zero-order chi connectivity index (χ0) is 17.6. The molecule has 5 nitrogen and oxygen atoms in total. The van der Waals surface area contributed by atoms with E-state index in [9.17, 15) is 4.79 Å². The fourth-order valence-electron chi connectivity index (χ4n) is 2.88. The molecule has 2 N–H and O–H groups in total. The van der Waals surface area contributed by atoms with Crippen molar-refractivity contribution in [3.63, 3.8) is 0 Å². The molecule has 0 aromatic heterocycles. The molecule has 0 radical (unpaired) electrons. The lowest BCUT2D eigenvalue weighted by Gasteiger charge is -2.34. The van der Waals surface area contributed by atoms with Crippen molar-refractivity contribution in [2.24, 2.45) is 0 Å². The Bertz CT molecular complexity index is 738. The number of ether oxygens (including phenoxy) is 1. The highest BCUT2D eigenvalue weighted by Gasteiger charge is 2.23. The average molecular weight is 433 g/mol. The molecule has 0 aliphatic carbocycles. The summed E-state index contributed by atoms with van der Waals surface area (Å²) >= 11 is 6.08. The minimum absolute atomic E-state index is 0. The fraction of sp³-hybridized carbons (Fsp3) is 0.316. The zero-order valence-electron chi connectivity index (χ0n) is 14.8. The molecule has 0 saturated carbocycles. The maximum absolute atomic E-state index is 12.6. The average Bonchev–Trinajstić information content (AvgIpc) is 2.64. The smallest absolute Gasteiger partial charge is 0.256 e. The number of para-hydroxylation sites is 2. The lowest BCUT2D eigenvalue weighted by Crippen LogP contribution is -2.49. The Balaban J connectivity index is 0.00000182. The summed E-state index contributed by atoms with van der Waals surface area (Å²) in [6, 6.07) is 14.7. The molecule has 8 heteroatoms. The number of rotatable bonds is 5. The molecule has 1 aliphatic rings. The molecular weight excluding hydrogens is 409 g/mol. The molecule has 3 rings (SSSR count). The first kappa shape index (κ1) is 23.4. The summed E-state index contributed by atoms with van der Waals surface area (Å²) in [5.41, 5.74) is 7.02. The molecule has 1 saturated heterocycles. The monoisotopic (exact) mass is 431 g/mol. The summed E-state index contributed by atoms with van der Waals surface area (Å²) in [6.45, 7) is 4.41. The third-order valence-corrected chi connectivity index (χ3v) is 4.66. The number of nitrogens with two attached hydrogens (primary N) is 1. The molecule has 0 unspecified atom stereocenters. The zero-order valence-corrected chi connectivity index (χ0v) is 17.2. The van der Waals surface area contributed by atoms with Crippen molar-refractivity contribution in [3.05, 3.63) is 59.1 Å². The van der Waals surface area contributed by atoms with Crippen LogP contribution in [-0.4, -0.2) is 55.0 Å². The van der Waals surface area contributed by atoms with Crippen molar-refractivity contribution in [2.75, 3.05) is 45.1 Å². The number of piperazine rings is 1. The van der Waals surface area contributed by atoms with Crippen molar-refractivity contribution in [2.45, 2.75) is 0 Å². The molecule has 1 amide bonds. The van der Waals surface area contributed by atoms with Gasteiger partial charge in [-0.15, -0.1) is 24.8 Å². The number of halogens is 3. The van der Waals surface area contributed by atoms with Gasteiger partial charge >= 0.3 is 0 Å². The Morgan fingerprint density at radius 3 is 2.30 bits per heavy atom. The maximum atomic E-state index is 12.6. The predicted molar refractivity (Wildman–Crippen MR) is 115 cm³/mol. The summed E-state index contributed by atoms with van der Waals surface area (Å²) in [7, 11) is 0. The first-order valence-corrected chi connectivity index (χ1v) is 8.76. The molecule has 148 valence electrons. The van der Waals surface area contributed by atoms with E-state index in [1.807, 2.05) is 41.3 Å². The van der Waals surface area contributed by atoms with Gasteiger partial charge in [0.2, 0.25) is 0 Å². The molecule has 27 heavy (non-hydrogen) atoms. The number of nitrogens with zero attached hydrogens (tertiary/aromatic N) is 2. The van der Waals surface area contributed by atoms with E-state index < -0.39 is 0 Å². The van der Waals surface area contributed by atoms with Crippen LogP contribution >= 0.6 is 36.4 Å². The Kier molecular flexibility index (Phi) is 9.74. The first-order valence-electron chi connectivity index (χ1n) is 8.38. The van der Waals surface area contributed by atoms with E-state index in [2.05, 4.69) is 4.90 Å². The number of hydrogen-bond acceptors (Lipinski definition) is 4. The van der Waals surface area contributed by atoms with E-state index in [1.165, 1.54) is 0 Å². The lowest BCUT2D eigenvalue weighted by molar-refractivity contribution is 0.0621. The van der Waals surface area contributed by atoms with Crippen LogP contribution in [0.4, 0.5) is 5.69 Å². The minimum atomic E-state index is 0. The largest absolute Gasteiger partial charge is 0.491 e. The van der Waals surface area contributed by atoms with Crippen molar-refractivity contribution < 1.29 is 9.53 Å². The molecule has 1 aliphatic heterocycles. The highest BCUT2D eigenvalue weighted by molar-refractivity contribution is 6.32. The van der Waals surface area contributed by atoms with Gasteiger partial charge in [-0.05, 0) is 24.3 Å². The summed E-state index contributed by atoms with van der Waals surface area (Å²) in [5.74, 6) is 0.711. The van der Waals surface area contributed by atoms with E-state index in [0.717, 1.165) is 19.6 Å². The minimum Gasteiger partial charge on any atom is -0.491 e. The van der Waals surface area contributed by atoms with Crippen molar-refractivity contribution in [3.8, 4) is 5.75 Å². The number of carbonyl (C=O) groups excluding carboxylic acids is 1. The Labute approximate surface area is 177 Å². The molecule has 2 aromatic carbocycles. The highest BCUT2D eigenvalue weighted by Crippen LogP contribution is 2.23. The van der Waals surface area contributed by atoms with Crippen LogP contribution in [-0.2, 0) is 0 Å². The van der Waals surface area contributed by atoms with Crippen LogP contribution in [0.3, 0.4) is 0 Å². The van der Waals surface area contributed by atoms with E-state index in [0.29, 0.717) is 41.7 Å². The summed E-state index contributed by atoms with van der Waals surface area (Å²) in [5, 5.41) is 0.623. The maximum Gasteiger partial charge on any atom is 0.256 e. The van der Waals surface area contributed by atoms with Crippen LogP contribution in [0, 0.1) is 0 Å². The lowest BCUT2D eigenvalue weighted by atomic mass is 10.1. The van der Waals surface area contributed by atoms with Crippen LogP contribution in [0.2, 0.25) is 5.02 Å². The van der Waals surface area contributed by atoms with Crippen LogP contribution in [0.5, 0.6) is 5.75 Å². The summed E-state index contributed by atoms with van der Waals surface area (Å²) in [6.07, 6.45) is 0. The normalized spacial score (nSPS) is 14.0. The third kappa shape index (κ3) is 6.18. The van der Waals surface area contributed by atoms with Gasteiger partial charge in [0.15, 0.2) is 0 Å². The Morgan fingerprint density at radius 2 is 1.63 bits per heavy atom. The molecular formula is C19H24Cl3N3O2. The van der Waals surface area contributed by atoms with E-state index >= 15 is 0 Å². The summed E-state index contributed by atoms with van der Waals surface area (Å²) in [4.78, 5) is 16.7. The van der Waals surface area contributed by atoms with Crippen molar-refractivity contribution in [1.29, 1.82) is 0 Å². The van der Waals surface area contributed by atoms with Crippen molar-refractivity contribution >= 4 is 48.0 Å².